The molecule has 1 aliphatic heterocycles. The van der Waals surface area contributed by atoms with Gasteiger partial charge in [0.2, 0.25) is 0 Å². The Kier molecular flexibility index (Phi) is 6.06. The second kappa shape index (κ2) is 9.07. The van der Waals surface area contributed by atoms with Gasteiger partial charge in [-0.3, -0.25) is 4.79 Å². The van der Waals surface area contributed by atoms with Crippen LogP contribution in [0.15, 0.2) is 48.7 Å². The molecule has 1 saturated heterocycles. The molecule has 3 aromatic rings. The molecule has 0 spiro atoms. The molecule has 1 amide bonds. The van der Waals surface area contributed by atoms with Gasteiger partial charge in [0.05, 0.1) is 24.2 Å². The largest absolute Gasteiger partial charge is 0.497 e. The molecular weight excluding hydrogens is 394 g/mol. The van der Waals surface area contributed by atoms with Crippen molar-refractivity contribution in [2.45, 2.75) is 13.8 Å². The maximum atomic E-state index is 12.6. The van der Waals surface area contributed by atoms with Crippen molar-refractivity contribution in [3.05, 3.63) is 60.0 Å². The summed E-state index contributed by atoms with van der Waals surface area (Å²) >= 11 is 0. The van der Waals surface area contributed by atoms with Crippen molar-refractivity contribution in [3.63, 3.8) is 0 Å². The second-order valence-corrected chi connectivity index (χ2v) is 7.45. The van der Waals surface area contributed by atoms with Crippen LogP contribution < -0.4 is 14.4 Å². The molecule has 1 fully saturated rings. The van der Waals surface area contributed by atoms with E-state index in [1.165, 1.54) is 0 Å². The maximum Gasteiger partial charge on any atom is 0.260 e. The Morgan fingerprint density at radius 2 is 1.71 bits per heavy atom. The van der Waals surface area contributed by atoms with Crippen LogP contribution in [0.4, 0.5) is 5.69 Å². The highest BCUT2D eigenvalue weighted by atomic mass is 16.5. The van der Waals surface area contributed by atoms with Crippen LogP contribution in [0.1, 0.15) is 11.4 Å². The minimum atomic E-state index is -0.00640. The number of hydrogen-bond donors (Lipinski definition) is 0. The fourth-order valence-corrected chi connectivity index (χ4v) is 3.88. The fourth-order valence-electron chi connectivity index (χ4n) is 3.88. The lowest BCUT2D eigenvalue weighted by Gasteiger charge is -2.36. The number of carbonyl (C=O) groups is 1. The molecular formula is C23H27N5O3. The van der Waals surface area contributed by atoms with Gasteiger partial charge < -0.3 is 19.3 Å². The van der Waals surface area contributed by atoms with Crippen molar-refractivity contribution in [1.82, 2.24) is 19.7 Å². The number of rotatable bonds is 6. The Bertz CT molecular complexity index is 1030. The standard InChI is InChI=1S/C23H27N5O3/c1-17-23(18(2)28(25-17)21-6-4-5-11-24-21)27-14-12-26(13-15-27)22(29)16-31-20-9-7-19(30-3)8-10-20/h4-11H,12-16H2,1-3H3. The molecule has 1 aromatic carbocycles. The third-order valence-corrected chi connectivity index (χ3v) is 5.49. The molecule has 8 heteroatoms. The molecule has 4 rings (SSSR count). The monoisotopic (exact) mass is 421 g/mol. The van der Waals surface area contributed by atoms with Crippen molar-refractivity contribution in [2.24, 2.45) is 0 Å². The number of hydrogen-bond acceptors (Lipinski definition) is 6. The SMILES string of the molecule is COc1ccc(OCC(=O)N2CCN(c3c(C)nn(-c4ccccn4)c3C)CC2)cc1. The van der Waals surface area contributed by atoms with Gasteiger partial charge >= 0.3 is 0 Å². The summed E-state index contributed by atoms with van der Waals surface area (Å²) in [5, 5.41) is 4.69. The second-order valence-electron chi connectivity index (χ2n) is 7.45. The summed E-state index contributed by atoms with van der Waals surface area (Å²) in [4.78, 5) is 21.2. The van der Waals surface area contributed by atoms with Crippen molar-refractivity contribution in [3.8, 4) is 17.3 Å². The van der Waals surface area contributed by atoms with Crippen LogP contribution in [0, 0.1) is 13.8 Å². The van der Waals surface area contributed by atoms with Crippen LogP contribution >= 0.6 is 0 Å². The molecule has 8 nitrogen and oxygen atoms in total. The van der Waals surface area contributed by atoms with E-state index in [1.54, 1.807) is 25.4 Å². The molecule has 0 N–H and O–H groups in total. The van der Waals surface area contributed by atoms with Crippen molar-refractivity contribution in [1.29, 1.82) is 0 Å². The maximum absolute atomic E-state index is 12.6. The highest BCUT2D eigenvalue weighted by molar-refractivity contribution is 5.78. The molecule has 0 aliphatic carbocycles. The Labute approximate surface area is 182 Å². The number of aromatic nitrogens is 3. The van der Waals surface area contributed by atoms with Gasteiger partial charge in [0.15, 0.2) is 12.4 Å². The van der Waals surface area contributed by atoms with E-state index in [9.17, 15) is 4.79 Å². The first-order valence-corrected chi connectivity index (χ1v) is 10.3. The van der Waals surface area contributed by atoms with E-state index in [4.69, 9.17) is 9.47 Å². The fraction of sp³-hybridized carbons (Fsp3) is 0.348. The highest BCUT2D eigenvalue weighted by Gasteiger charge is 2.25. The molecule has 3 heterocycles. The summed E-state index contributed by atoms with van der Waals surface area (Å²) in [6.45, 7) is 6.92. The number of benzene rings is 1. The van der Waals surface area contributed by atoms with E-state index >= 15 is 0 Å². The van der Waals surface area contributed by atoms with Gasteiger partial charge in [-0.05, 0) is 50.2 Å². The Balaban J connectivity index is 1.35. The first-order chi connectivity index (χ1) is 15.1. The molecule has 162 valence electrons. The lowest BCUT2D eigenvalue weighted by atomic mass is 10.2. The van der Waals surface area contributed by atoms with Gasteiger partial charge in [0.1, 0.15) is 11.5 Å². The number of amides is 1. The van der Waals surface area contributed by atoms with Gasteiger partial charge in [-0.1, -0.05) is 6.07 Å². The zero-order valence-corrected chi connectivity index (χ0v) is 18.1. The summed E-state index contributed by atoms with van der Waals surface area (Å²) in [7, 11) is 1.62. The Morgan fingerprint density at radius 1 is 1.00 bits per heavy atom. The smallest absolute Gasteiger partial charge is 0.260 e. The number of carbonyl (C=O) groups excluding carboxylic acids is 1. The van der Waals surface area contributed by atoms with Gasteiger partial charge in [0, 0.05) is 32.4 Å². The van der Waals surface area contributed by atoms with E-state index in [0.717, 1.165) is 41.7 Å². The average molecular weight is 422 g/mol. The Morgan fingerprint density at radius 3 is 2.35 bits per heavy atom. The molecule has 0 unspecified atom stereocenters. The minimum absolute atomic E-state index is 0.00640. The van der Waals surface area contributed by atoms with Gasteiger partial charge in [-0.2, -0.15) is 5.10 Å². The zero-order chi connectivity index (χ0) is 21.8. The topological polar surface area (TPSA) is 72.7 Å². The number of pyridine rings is 1. The molecule has 2 aromatic heterocycles. The van der Waals surface area contributed by atoms with E-state index in [2.05, 4.69) is 21.9 Å². The molecule has 0 radical (unpaired) electrons. The number of piperazine rings is 1. The summed E-state index contributed by atoms with van der Waals surface area (Å²) in [5.74, 6) is 2.21. The summed E-state index contributed by atoms with van der Waals surface area (Å²) < 4.78 is 12.7. The Hall–Kier alpha value is -3.55. The molecule has 0 bridgehead atoms. The van der Waals surface area contributed by atoms with Gasteiger partial charge in [-0.15, -0.1) is 0 Å². The summed E-state index contributed by atoms with van der Waals surface area (Å²) in [6.07, 6.45) is 1.77. The van der Waals surface area contributed by atoms with E-state index < -0.39 is 0 Å². The number of methoxy groups -OCH3 is 1. The average Bonchev–Trinajstić information content (AvgIpc) is 3.12. The van der Waals surface area contributed by atoms with Crippen LogP contribution in [0.3, 0.4) is 0 Å². The van der Waals surface area contributed by atoms with E-state index in [0.29, 0.717) is 18.8 Å². The lowest BCUT2D eigenvalue weighted by molar-refractivity contribution is -0.133. The molecule has 31 heavy (non-hydrogen) atoms. The quantitative estimate of drug-likeness (QED) is 0.609. The van der Waals surface area contributed by atoms with Crippen LogP contribution in [0.25, 0.3) is 5.82 Å². The molecule has 1 aliphatic rings. The van der Waals surface area contributed by atoms with Crippen LogP contribution in [-0.4, -0.2) is 65.5 Å². The third-order valence-electron chi connectivity index (χ3n) is 5.49. The summed E-state index contributed by atoms with van der Waals surface area (Å²) in [6, 6.07) is 13.0. The van der Waals surface area contributed by atoms with E-state index in [1.807, 2.05) is 46.8 Å². The number of anilines is 1. The predicted octanol–water partition coefficient (Wildman–Crippen LogP) is 2.62. The molecule has 0 saturated carbocycles. The van der Waals surface area contributed by atoms with Gasteiger partial charge in [-0.25, -0.2) is 9.67 Å². The van der Waals surface area contributed by atoms with Crippen molar-refractivity contribution >= 4 is 11.6 Å². The number of aryl methyl sites for hydroxylation is 1. The molecule has 0 atom stereocenters. The zero-order valence-electron chi connectivity index (χ0n) is 18.1. The van der Waals surface area contributed by atoms with E-state index in [-0.39, 0.29) is 12.5 Å². The normalized spacial score (nSPS) is 13.9. The number of ether oxygens (including phenoxy) is 2. The van der Waals surface area contributed by atoms with Crippen molar-refractivity contribution < 1.29 is 14.3 Å². The van der Waals surface area contributed by atoms with Crippen molar-refractivity contribution in [2.75, 3.05) is 44.8 Å². The van der Waals surface area contributed by atoms with Gasteiger partial charge in [0.25, 0.3) is 5.91 Å². The highest BCUT2D eigenvalue weighted by Crippen LogP contribution is 2.27. The predicted molar refractivity (Wildman–Crippen MR) is 118 cm³/mol. The van der Waals surface area contributed by atoms with Crippen LogP contribution in [-0.2, 0) is 4.79 Å². The lowest BCUT2D eigenvalue weighted by Crippen LogP contribution is -2.50. The third kappa shape index (κ3) is 4.47. The first-order valence-electron chi connectivity index (χ1n) is 10.3. The number of nitrogens with zero attached hydrogens (tertiary/aromatic N) is 5. The van der Waals surface area contributed by atoms with Crippen LogP contribution in [0.2, 0.25) is 0 Å². The van der Waals surface area contributed by atoms with Crippen LogP contribution in [0.5, 0.6) is 11.5 Å². The minimum Gasteiger partial charge on any atom is -0.497 e. The summed E-state index contributed by atoms with van der Waals surface area (Å²) in [5.41, 5.74) is 3.14. The first kappa shape index (κ1) is 20.7.